The van der Waals surface area contributed by atoms with Crippen LogP contribution in [-0.2, 0) is 0 Å². The highest BCUT2D eigenvalue weighted by atomic mass is 35.5. The number of rotatable bonds is 4. The van der Waals surface area contributed by atoms with Crippen molar-refractivity contribution in [2.45, 2.75) is 12.8 Å². The van der Waals surface area contributed by atoms with Crippen molar-refractivity contribution >= 4 is 17.3 Å². The number of hydrogen-bond acceptors (Lipinski definition) is 5. The van der Waals surface area contributed by atoms with Crippen molar-refractivity contribution in [3.8, 4) is 5.69 Å². The fourth-order valence-corrected chi connectivity index (χ4v) is 4.25. The maximum Gasteiger partial charge on any atom is 0.292 e. The van der Waals surface area contributed by atoms with E-state index >= 15 is 0 Å². The minimum Gasteiger partial charge on any atom is -0.366 e. The number of para-hydroxylation sites is 1. The Labute approximate surface area is 164 Å². The Morgan fingerprint density at radius 1 is 1.07 bits per heavy atom. The summed E-state index contributed by atoms with van der Waals surface area (Å²) in [6, 6.07) is 9.38. The summed E-state index contributed by atoms with van der Waals surface area (Å²) < 4.78 is 1.36. The van der Waals surface area contributed by atoms with Crippen LogP contribution in [0, 0.1) is 5.92 Å². The standard InChI is InChI=1S/C20H26ClN5O/c21-19-18(14-23-26(20(19)27)17-4-2-1-3-5-17)25-12-10-24(11-13-25)15-16-6-8-22-9-7-16/h1-5,14,16,22H,6-13,15H2. The summed E-state index contributed by atoms with van der Waals surface area (Å²) in [5.41, 5.74) is 1.20. The molecule has 0 amide bonds. The molecule has 1 aromatic carbocycles. The Bertz CT molecular complexity index is 811. The first-order valence-electron chi connectivity index (χ1n) is 9.73. The third kappa shape index (κ3) is 4.18. The van der Waals surface area contributed by atoms with Gasteiger partial charge in [0.25, 0.3) is 5.56 Å². The van der Waals surface area contributed by atoms with Crippen LogP contribution in [0.25, 0.3) is 5.69 Å². The van der Waals surface area contributed by atoms with E-state index in [0.717, 1.165) is 56.6 Å². The van der Waals surface area contributed by atoms with Crippen molar-refractivity contribution in [2.75, 3.05) is 50.7 Å². The summed E-state index contributed by atoms with van der Waals surface area (Å²) in [6.07, 6.45) is 4.26. The molecule has 2 aliphatic rings. The molecule has 2 fully saturated rings. The molecule has 0 unspecified atom stereocenters. The number of nitrogens with zero attached hydrogens (tertiary/aromatic N) is 4. The molecule has 2 aliphatic heterocycles. The maximum atomic E-state index is 12.7. The van der Waals surface area contributed by atoms with Gasteiger partial charge in [-0.3, -0.25) is 9.69 Å². The Balaban J connectivity index is 1.42. The van der Waals surface area contributed by atoms with Gasteiger partial charge in [0.05, 0.1) is 17.6 Å². The summed E-state index contributed by atoms with van der Waals surface area (Å²) in [4.78, 5) is 17.4. The predicted molar refractivity (Wildman–Crippen MR) is 109 cm³/mol. The SMILES string of the molecule is O=c1c(Cl)c(N2CCN(CC3CCNCC3)CC2)cnn1-c1ccccc1. The molecule has 0 spiro atoms. The third-order valence-corrected chi connectivity index (χ3v) is 5.94. The Morgan fingerprint density at radius 3 is 2.48 bits per heavy atom. The molecule has 4 rings (SSSR count). The molecule has 7 heteroatoms. The summed E-state index contributed by atoms with van der Waals surface area (Å²) >= 11 is 6.44. The zero-order valence-corrected chi connectivity index (χ0v) is 16.2. The first-order valence-corrected chi connectivity index (χ1v) is 10.1. The summed E-state index contributed by atoms with van der Waals surface area (Å²) in [6.45, 7) is 7.22. The molecule has 0 aliphatic carbocycles. The van der Waals surface area contributed by atoms with Crippen molar-refractivity contribution in [3.05, 3.63) is 51.9 Å². The van der Waals surface area contributed by atoms with Gasteiger partial charge in [0.15, 0.2) is 0 Å². The minimum atomic E-state index is -0.266. The number of benzene rings is 1. The van der Waals surface area contributed by atoms with Crippen LogP contribution < -0.4 is 15.8 Å². The van der Waals surface area contributed by atoms with Gasteiger partial charge in [0.2, 0.25) is 0 Å². The van der Waals surface area contributed by atoms with Crippen LogP contribution in [0.3, 0.4) is 0 Å². The first-order chi connectivity index (χ1) is 13.2. The smallest absolute Gasteiger partial charge is 0.292 e. The normalized spacial score (nSPS) is 19.4. The molecule has 0 saturated carbocycles. The molecule has 1 N–H and O–H groups in total. The monoisotopic (exact) mass is 387 g/mol. The zero-order valence-electron chi connectivity index (χ0n) is 15.5. The third-order valence-electron chi connectivity index (χ3n) is 5.59. The van der Waals surface area contributed by atoms with Crippen LogP contribution in [0.15, 0.2) is 41.3 Å². The van der Waals surface area contributed by atoms with Crippen molar-refractivity contribution in [1.82, 2.24) is 20.0 Å². The highest BCUT2D eigenvalue weighted by molar-refractivity contribution is 6.33. The predicted octanol–water partition coefficient (Wildman–Crippen LogP) is 2.01. The van der Waals surface area contributed by atoms with Gasteiger partial charge in [-0.15, -0.1) is 0 Å². The molecule has 6 nitrogen and oxygen atoms in total. The number of halogens is 1. The summed E-state index contributed by atoms with van der Waals surface area (Å²) in [5.74, 6) is 0.804. The minimum absolute atomic E-state index is 0.251. The van der Waals surface area contributed by atoms with Crippen molar-refractivity contribution in [2.24, 2.45) is 5.92 Å². The van der Waals surface area contributed by atoms with E-state index < -0.39 is 0 Å². The van der Waals surface area contributed by atoms with Crippen LogP contribution in [0.1, 0.15) is 12.8 Å². The van der Waals surface area contributed by atoms with E-state index in [-0.39, 0.29) is 10.6 Å². The molecule has 2 saturated heterocycles. The fourth-order valence-electron chi connectivity index (χ4n) is 4.00. The molecule has 27 heavy (non-hydrogen) atoms. The van der Waals surface area contributed by atoms with Gasteiger partial charge < -0.3 is 10.2 Å². The van der Waals surface area contributed by atoms with E-state index in [0.29, 0.717) is 0 Å². The average molecular weight is 388 g/mol. The Hall–Kier alpha value is -1.89. The number of nitrogens with one attached hydrogen (secondary N) is 1. The first kappa shape index (κ1) is 18.5. The Kier molecular flexibility index (Phi) is 5.76. The molecular formula is C20H26ClN5O. The lowest BCUT2D eigenvalue weighted by molar-refractivity contribution is 0.196. The van der Waals surface area contributed by atoms with E-state index in [1.807, 2.05) is 30.3 Å². The van der Waals surface area contributed by atoms with Gasteiger partial charge in [-0.05, 0) is 44.0 Å². The molecular weight excluding hydrogens is 362 g/mol. The average Bonchev–Trinajstić information content (AvgIpc) is 2.72. The number of piperidine rings is 1. The van der Waals surface area contributed by atoms with E-state index in [2.05, 4.69) is 20.2 Å². The van der Waals surface area contributed by atoms with E-state index in [9.17, 15) is 4.79 Å². The molecule has 2 aromatic rings. The zero-order chi connectivity index (χ0) is 18.6. The quantitative estimate of drug-likeness (QED) is 0.869. The molecule has 0 atom stereocenters. The van der Waals surface area contributed by atoms with Gasteiger partial charge >= 0.3 is 0 Å². The van der Waals surface area contributed by atoms with E-state index in [4.69, 9.17) is 11.6 Å². The van der Waals surface area contributed by atoms with E-state index in [1.54, 1.807) is 6.20 Å². The highest BCUT2D eigenvalue weighted by Gasteiger charge is 2.24. The van der Waals surface area contributed by atoms with Crippen molar-refractivity contribution in [1.29, 1.82) is 0 Å². The highest BCUT2D eigenvalue weighted by Crippen LogP contribution is 2.24. The number of aromatic nitrogens is 2. The second kappa shape index (κ2) is 8.42. The van der Waals surface area contributed by atoms with Gasteiger partial charge in [-0.1, -0.05) is 29.8 Å². The van der Waals surface area contributed by atoms with Crippen molar-refractivity contribution < 1.29 is 0 Å². The largest absolute Gasteiger partial charge is 0.366 e. The lowest BCUT2D eigenvalue weighted by Crippen LogP contribution is -2.49. The number of anilines is 1. The second-order valence-electron chi connectivity index (χ2n) is 7.38. The van der Waals surface area contributed by atoms with Crippen LogP contribution in [0.5, 0.6) is 0 Å². The Morgan fingerprint density at radius 2 is 1.78 bits per heavy atom. The van der Waals surface area contributed by atoms with Gasteiger partial charge in [0, 0.05) is 32.7 Å². The van der Waals surface area contributed by atoms with Crippen molar-refractivity contribution in [3.63, 3.8) is 0 Å². The summed E-state index contributed by atoms with van der Waals surface area (Å²) in [7, 11) is 0. The maximum absolute atomic E-state index is 12.7. The van der Waals surface area contributed by atoms with E-state index in [1.165, 1.54) is 24.1 Å². The number of piperazine rings is 1. The second-order valence-corrected chi connectivity index (χ2v) is 7.76. The molecule has 144 valence electrons. The topological polar surface area (TPSA) is 53.4 Å². The van der Waals surface area contributed by atoms with Crippen LogP contribution in [0.4, 0.5) is 5.69 Å². The van der Waals surface area contributed by atoms with Gasteiger partial charge in [-0.25, -0.2) is 0 Å². The summed E-state index contributed by atoms with van der Waals surface area (Å²) in [5, 5.41) is 8.03. The van der Waals surface area contributed by atoms with Gasteiger partial charge in [-0.2, -0.15) is 9.78 Å². The van der Waals surface area contributed by atoms with Crippen LogP contribution >= 0.6 is 11.6 Å². The number of hydrogen-bond donors (Lipinski definition) is 1. The lowest BCUT2D eigenvalue weighted by Gasteiger charge is -2.38. The van der Waals surface area contributed by atoms with Crippen LogP contribution in [-0.4, -0.2) is 60.5 Å². The molecule has 1 aromatic heterocycles. The van der Waals surface area contributed by atoms with Gasteiger partial charge in [0.1, 0.15) is 5.02 Å². The molecule has 3 heterocycles. The molecule has 0 radical (unpaired) electrons. The fraction of sp³-hybridized carbons (Fsp3) is 0.500. The molecule has 0 bridgehead atoms. The van der Waals surface area contributed by atoms with Crippen LogP contribution in [0.2, 0.25) is 5.02 Å². The lowest BCUT2D eigenvalue weighted by atomic mass is 9.97.